The molecular weight excluding hydrogens is 202 g/mol. The van der Waals surface area contributed by atoms with Gasteiger partial charge in [-0.2, -0.15) is 0 Å². The van der Waals surface area contributed by atoms with Crippen LogP contribution in [0.15, 0.2) is 14.0 Å². The van der Waals surface area contributed by atoms with Crippen molar-refractivity contribution in [2.75, 3.05) is 40.8 Å². The zero-order valence-corrected chi connectivity index (χ0v) is 11.0. The molecule has 6 heteroatoms. The van der Waals surface area contributed by atoms with Crippen LogP contribution in [0.25, 0.3) is 0 Å². The monoisotopic (exact) mass is 220 g/mol. The van der Waals surface area contributed by atoms with Crippen LogP contribution >= 0.6 is 14.4 Å². The first-order valence-electron chi connectivity index (χ1n) is 4.15. The van der Waals surface area contributed by atoms with E-state index in [1.807, 2.05) is 19.0 Å². The summed E-state index contributed by atoms with van der Waals surface area (Å²) in [5.74, 6) is 0.867. The van der Waals surface area contributed by atoms with Crippen LogP contribution < -0.4 is 0 Å². The fraction of sp³-hybridized carbons (Fsp3) is 0.857. The molecule has 0 N–H and O–H groups in total. The van der Waals surface area contributed by atoms with E-state index in [0.717, 1.165) is 5.96 Å². The van der Waals surface area contributed by atoms with Crippen molar-refractivity contribution in [3.05, 3.63) is 0 Å². The second kappa shape index (κ2) is 3.25. The van der Waals surface area contributed by atoms with E-state index < -0.39 is 14.4 Å². The number of hydrogen-bond acceptors (Lipinski definition) is 4. The Bertz CT molecular complexity index is 334. The van der Waals surface area contributed by atoms with Gasteiger partial charge in [-0.3, -0.25) is 0 Å². The molecule has 0 aromatic carbocycles. The topological polar surface area (TPSA) is 40.3 Å². The molecule has 4 nitrogen and oxygen atoms in total. The van der Waals surface area contributed by atoms with E-state index in [0.29, 0.717) is 0 Å². The molecule has 0 fully saturated rings. The predicted molar refractivity (Wildman–Crippen MR) is 63.5 cm³/mol. The smallest absolute Gasteiger partial charge is 0.225 e. The fourth-order valence-electron chi connectivity index (χ4n) is 1.21. The normalized spacial score (nSPS) is 24.0. The van der Waals surface area contributed by atoms with E-state index >= 15 is 0 Å². The molecule has 0 saturated carbocycles. The molecule has 1 aliphatic heterocycles. The van der Waals surface area contributed by atoms with Gasteiger partial charge in [-0.25, -0.2) is 14.0 Å². The lowest BCUT2D eigenvalue weighted by Gasteiger charge is -2.24. The van der Waals surface area contributed by atoms with E-state index in [-0.39, 0.29) is 0 Å². The molecule has 0 amide bonds. The van der Waals surface area contributed by atoms with Crippen molar-refractivity contribution in [3.8, 4) is 0 Å². The van der Waals surface area contributed by atoms with Crippen LogP contribution in [0, 0.1) is 0 Å². The van der Waals surface area contributed by atoms with Gasteiger partial charge in [0.15, 0.2) is 0 Å². The highest BCUT2D eigenvalue weighted by molar-refractivity contribution is 7.75. The van der Waals surface area contributed by atoms with E-state index in [1.165, 1.54) is 0 Å². The zero-order valence-electron chi connectivity index (χ0n) is 9.18. The largest absolute Gasteiger partial charge is 0.347 e. The summed E-state index contributed by atoms with van der Waals surface area (Å²) in [6.07, 6.45) is 0. The Morgan fingerprint density at radius 3 is 1.92 bits per heavy atom. The Morgan fingerprint density at radius 2 is 1.54 bits per heavy atom. The van der Waals surface area contributed by atoms with E-state index in [1.54, 1.807) is 0 Å². The van der Waals surface area contributed by atoms with Crippen LogP contribution in [-0.2, 0) is 0 Å². The average Bonchev–Trinajstić information content (AvgIpc) is 1.79. The van der Waals surface area contributed by atoms with Gasteiger partial charge in [-0.05, 0) is 26.7 Å². The number of nitrogens with zero attached hydrogens (tertiary/aromatic N) is 4. The molecular formula is C7H18N4P2. The second-order valence-electron chi connectivity index (χ2n) is 4.16. The third-order valence-corrected chi connectivity index (χ3v) is 6.34. The Morgan fingerprint density at radius 1 is 1.00 bits per heavy atom. The minimum atomic E-state index is -1.44. The Labute approximate surface area is 80.7 Å². The summed E-state index contributed by atoms with van der Waals surface area (Å²) < 4.78 is 13.8. The highest BCUT2D eigenvalue weighted by Gasteiger charge is 2.18. The van der Waals surface area contributed by atoms with Crippen molar-refractivity contribution in [3.63, 3.8) is 0 Å². The summed E-state index contributed by atoms with van der Waals surface area (Å²) in [4.78, 5) is 1.97. The molecule has 0 bridgehead atoms. The van der Waals surface area contributed by atoms with Gasteiger partial charge >= 0.3 is 0 Å². The second-order valence-corrected chi connectivity index (χ2v) is 10.6. The van der Waals surface area contributed by atoms with Crippen LogP contribution in [0.5, 0.6) is 0 Å². The van der Waals surface area contributed by atoms with Crippen LogP contribution in [0.3, 0.4) is 0 Å². The lowest BCUT2D eigenvalue weighted by molar-refractivity contribution is 0.617. The molecule has 76 valence electrons. The van der Waals surface area contributed by atoms with Gasteiger partial charge in [0, 0.05) is 14.1 Å². The van der Waals surface area contributed by atoms with Crippen molar-refractivity contribution in [2.24, 2.45) is 14.0 Å². The highest BCUT2D eigenvalue weighted by Crippen LogP contribution is 2.60. The van der Waals surface area contributed by atoms with E-state index in [2.05, 4.69) is 36.2 Å². The lowest BCUT2D eigenvalue weighted by atomic mass is 10.8. The molecule has 0 aliphatic carbocycles. The highest BCUT2D eigenvalue weighted by atomic mass is 31.2. The van der Waals surface area contributed by atoms with E-state index in [9.17, 15) is 0 Å². The Hall–Kier alpha value is -0.0700. The molecule has 1 heterocycles. The quantitative estimate of drug-likeness (QED) is 0.578. The van der Waals surface area contributed by atoms with Gasteiger partial charge in [-0.15, -0.1) is 0 Å². The lowest BCUT2D eigenvalue weighted by Crippen LogP contribution is -2.20. The third kappa shape index (κ3) is 2.96. The SMILES string of the molecule is CN(C)C1=NP(C)(C)=NP(C)(C)=N1. The van der Waals surface area contributed by atoms with Gasteiger partial charge in [0.05, 0.1) is 14.4 Å². The van der Waals surface area contributed by atoms with Gasteiger partial charge in [0.1, 0.15) is 0 Å². The standard InChI is InChI=1S/C7H18N4P2/c1-11(2)7-8-12(3,4)10-13(5,6)9-7/h1-6H3. The molecule has 1 aliphatic rings. The number of rotatable bonds is 0. The van der Waals surface area contributed by atoms with Crippen LogP contribution in [-0.4, -0.2) is 51.6 Å². The van der Waals surface area contributed by atoms with Crippen LogP contribution in [0.4, 0.5) is 0 Å². The first-order valence-corrected chi connectivity index (χ1v) is 9.33. The molecule has 0 aromatic heterocycles. The van der Waals surface area contributed by atoms with E-state index in [4.69, 9.17) is 4.52 Å². The maximum absolute atomic E-state index is 4.72. The molecule has 0 unspecified atom stereocenters. The summed E-state index contributed by atoms with van der Waals surface area (Å²) in [6.45, 7) is 8.53. The maximum atomic E-state index is 4.72. The van der Waals surface area contributed by atoms with Crippen molar-refractivity contribution in [1.29, 1.82) is 0 Å². The number of guanidine groups is 1. The average molecular weight is 220 g/mol. The van der Waals surface area contributed by atoms with Gasteiger partial charge in [0.2, 0.25) is 5.96 Å². The van der Waals surface area contributed by atoms with Crippen molar-refractivity contribution < 1.29 is 0 Å². The predicted octanol–water partition coefficient (Wildman–Crippen LogP) is 2.67. The first kappa shape index (κ1) is 11.0. The summed E-state index contributed by atoms with van der Waals surface area (Å²) in [6, 6.07) is 0. The van der Waals surface area contributed by atoms with Crippen molar-refractivity contribution >= 4 is 20.4 Å². The minimum Gasteiger partial charge on any atom is -0.347 e. The summed E-state index contributed by atoms with van der Waals surface area (Å²) >= 11 is 0. The molecule has 0 radical (unpaired) electrons. The maximum Gasteiger partial charge on any atom is 0.225 e. The molecule has 0 saturated heterocycles. The van der Waals surface area contributed by atoms with Crippen LogP contribution in [0.1, 0.15) is 0 Å². The molecule has 13 heavy (non-hydrogen) atoms. The fourth-order valence-corrected chi connectivity index (χ4v) is 7.21. The zero-order chi connectivity index (χ0) is 10.3. The molecule has 0 spiro atoms. The minimum absolute atomic E-state index is 0.867. The first-order chi connectivity index (χ1) is 5.72. The van der Waals surface area contributed by atoms with Crippen molar-refractivity contribution in [1.82, 2.24) is 4.90 Å². The third-order valence-electron chi connectivity index (χ3n) is 1.51. The van der Waals surface area contributed by atoms with Gasteiger partial charge in [-0.1, -0.05) is 0 Å². The Kier molecular flexibility index (Phi) is 2.75. The molecule has 0 aromatic rings. The van der Waals surface area contributed by atoms with Crippen LogP contribution in [0.2, 0.25) is 0 Å². The summed E-state index contributed by atoms with van der Waals surface area (Å²) in [5.41, 5.74) is 0. The molecule has 1 rings (SSSR count). The Balaban J connectivity index is 3.27. The van der Waals surface area contributed by atoms with Gasteiger partial charge < -0.3 is 4.90 Å². The summed E-state index contributed by atoms with van der Waals surface area (Å²) in [5, 5.41) is 0. The number of hydrogen-bond donors (Lipinski definition) is 0. The molecule has 0 atom stereocenters. The summed E-state index contributed by atoms with van der Waals surface area (Å²) in [7, 11) is 1.08. The van der Waals surface area contributed by atoms with Gasteiger partial charge in [0.25, 0.3) is 0 Å². The van der Waals surface area contributed by atoms with Crippen molar-refractivity contribution in [2.45, 2.75) is 0 Å².